The molecular formula is C15H18N2O4. The van der Waals surface area contributed by atoms with Crippen molar-refractivity contribution in [2.24, 2.45) is 0 Å². The lowest BCUT2D eigenvalue weighted by atomic mass is 10.2. The third-order valence-corrected chi connectivity index (χ3v) is 2.71. The van der Waals surface area contributed by atoms with Gasteiger partial charge in [-0.2, -0.15) is 4.98 Å². The molecule has 0 spiro atoms. The van der Waals surface area contributed by atoms with Gasteiger partial charge in [-0.1, -0.05) is 12.1 Å². The van der Waals surface area contributed by atoms with Crippen LogP contribution in [0.3, 0.4) is 0 Å². The van der Waals surface area contributed by atoms with Gasteiger partial charge in [-0.25, -0.2) is 4.79 Å². The van der Waals surface area contributed by atoms with Crippen molar-refractivity contribution in [3.8, 4) is 5.75 Å². The molecule has 6 heteroatoms. The summed E-state index contributed by atoms with van der Waals surface area (Å²) in [6.07, 6.45) is 1.76. The highest BCUT2D eigenvalue weighted by atomic mass is 16.5. The minimum atomic E-state index is -0.342. The number of benzene rings is 1. The van der Waals surface area contributed by atoms with E-state index in [1.165, 1.54) is 0 Å². The van der Waals surface area contributed by atoms with E-state index >= 15 is 0 Å². The van der Waals surface area contributed by atoms with Gasteiger partial charge in [0.15, 0.2) is 12.4 Å². The summed E-state index contributed by atoms with van der Waals surface area (Å²) in [6, 6.07) is 6.72. The van der Waals surface area contributed by atoms with Crippen molar-refractivity contribution < 1.29 is 18.8 Å². The van der Waals surface area contributed by atoms with Crippen LogP contribution in [-0.4, -0.2) is 22.7 Å². The molecule has 0 fully saturated rings. The minimum Gasteiger partial charge on any atom is -0.484 e. The van der Waals surface area contributed by atoms with Gasteiger partial charge in [-0.15, -0.1) is 0 Å². The highest BCUT2D eigenvalue weighted by Crippen LogP contribution is 2.14. The summed E-state index contributed by atoms with van der Waals surface area (Å²) >= 11 is 0. The lowest BCUT2D eigenvalue weighted by Crippen LogP contribution is -2.04. The molecule has 0 N–H and O–H groups in total. The molecule has 1 aromatic carbocycles. The highest BCUT2D eigenvalue weighted by Gasteiger charge is 2.08. The molecule has 6 nitrogen and oxygen atoms in total. The number of carbonyl (C=O) groups excluding carboxylic acids is 1. The Morgan fingerprint density at radius 1 is 1.24 bits per heavy atom. The summed E-state index contributed by atoms with van der Waals surface area (Å²) in [5.74, 6) is 1.41. The van der Waals surface area contributed by atoms with Gasteiger partial charge < -0.3 is 14.0 Å². The third-order valence-electron chi connectivity index (χ3n) is 2.71. The summed E-state index contributed by atoms with van der Waals surface area (Å²) in [5.41, 5.74) is 0.493. The number of carbonyl (C=O) groups is 1. The molecule has 0 aliphatic heterocycles. The molecule has 0 bridgehead atoms. The molecule has 0 unspecified atom stereocenters. The lowest BCUT2D eigenvalue weighted by Gasteiger charge is -2.04. The van der Waals surface area contributed by atoms with Gasteiger partial charge >= 0.3 is 5.97 Å². The highest BCUT2D eigenvalue weighted by molar-refractivity contribution is 5.89. The molecule has 0 saturated carbocycles. The fraction of sp³-hybridized carbons (Fsp3) is 0.400. The number of aromatic nitrogens is 2. The molecule has 21 heavy (non-hydrogen) atoms. The van der Waals surface area contributed by atoms with Crippen molar-refractivity contribution in [2.75, 3.05) is 6.61 Å². The summed E-state index contributed by atoms with van der Waals surface area (Å²) in [4.78, 5) is 15.7. The van der Waals surface area contributed by atoms with Crippen LogP contribution in [0.25, 0.3) is 0 Å². The van der Waals surface area contributed by atoms with Crippen LogP contribution in [0.4, 0.5) is 0 Å². The summed E-state index contributed by atoms with van der Waals surface area (Å²) in [5, 5.41) is 3.85. The Morgan fingerprint density at radius 2 is 2.00 bits per heavy atom. The van der Waals surface area contributed by atoms with Crippen LogP contribution in [0.2, 0.25) is 0 Å². The molecule has 2 aromatic rings. The van der Waals surface area contributed by atoms with Gasteiger partial charge in [-0.3, -0.25) is 0 Å². The van der Waals surface area contributed by atoms with Gasteiger partial charge in [0.1, 0.15) is 5.75 Å². The number of nitrogens with zero attached hydrogens (tertiary/aromatic N) is 2. The van der Waals surface area contributed by atoms with Crippen LogP contribution < -0.4 is 4.74 Å². The van der Waals surface area contributed by atoms with Crippen molar-refractivity contribution in [2.45, 2.75) is 33.3 Å². The Kier molecular flexibility index (Phi) is 5.31. The maximum absolute atomic E-state index is 11.5. The maximum atomic E-state index is 11.5. The van der Waals surface area contributed by atoms with E-state index in [4.69, 9.17) is 14.0 Å². The Morgan fingerprint density at radius 3 is 2.67 bits per heavy atom. The summed E-state index contributed by atoms with van der Waals surface area (Å²) in [7, 11) is 0. The van der Waals surface area contributed by atoms with E-state index in [9.17, 15) is 4.79 Å². The van der Waals surface area contributed by atoms with Crippen molar-refractivity contribution in [3.05, 3.63) is 41.5 Å². The normalized spacial score (nSPS) is 10.4. The second-order valence-electron chi connectivity index (χ2n) is 4.39. The summed E-state index contributed by atoms with van der Waals surface area (Å²) in [6.45, 7) is 4.38. The number of ether oxygens (including phenoxy) is 2. The topological polar surface area (TPSA) is 74.5 Å². The number of hydrogen-bond acceptors (Lipinski definition) is 6. The van der Waals surface area contributed by atoms with Crippen LogP contribution in [-0.2, 0) is 17.8 Å². The molecule has 0 aliphatic carbocycles. The molecular weight excluding hydrogens is 272 g/mol. The van der Waals surface area contributed by atoms with Crippen LogP contribution in [0, 0.1) is 0 Å². The van der Waals surface area contributed by atoms with Gasteiger partial charge in [0.25, 0.3) is 5.89 Å². The van der Waals surface area contributed by atoms with Crippen molar-refractivity contribution in [1.29, 1.82) is 0 Å². The molecule has 2 rings (SSSR count). The molecule has 1 aromatic heterocycles. The second-order valence-corrected chi connectivity index (χ2v) is 4.39. The zero-order valence-electron chi connectivity index (χ0n) is 12.2. The third kappa shape index (κ3) is 4.30. The average molecular weight is 290 g/mol. The molecule has 112 valence electrons. The zero-order valence-corrected chi connectivity index (χ0v) is 12.2. The Labute approximate surface area is 123 Å². The van der Waals surface area contributed by atoms with Crippen LogP contribution in [0.15, 0.2) is 28.8 Å². The van der Waals surface area contributed by atoms with E-state index < -0.39 is 0 Å². The van der Waals surface area contributed by atoms with E-state index in [0.717, 1.165) is 12.8 Å². The first-order chi connectivity index (χ1) is 10.2. The average Bonchev–Trinajstić information content (AvgIpc) is 2.94. The monoisotopic (exact) mass is 290 g/mol. The minimum absolute atomic E-state index is 0.204. The maximum Gasteiger partial charge on any atom is 0.338 e. The first-order valence-corrected chi connectivity index (χ1v) is 6.94. The summed E-state index contributed by atoms with van der Waals surface area (Å²) < 4.78 is 15.5. The first kappa shape index (κ1) is 15.0. The molecule has 0 atom stereocenters. The number of rotatable bonds is 7. The van der Waals surface area contributed by atoms with Crippen molar-refractivity contribution >= 4 is 5.97 Å². The Balaban J connectivity index is 1.89. The number of esters is 1. The lowest BCUT2D eigenvalue weighted by molar-refractivity contribution is 0.0526. The van der Waals surface area contributed by atoms with E-state index in [0.29, 0.717) is 29.6 Å². The SMILES string of the molecule is CCCc1noc(COc2ccc(C(=O)OCC)cc2)n1. The first-order valence-electron chi connectivity index (χ1n) is 6.94. The Bertz CT molecular complexity index is 578. The zero-order chi connectivity index (χ0) is 15.1. The van der Waals surface area contributed by atoms with E-state index in [1.807, 2.05) is 0 Å². The molecule has 0 radical (unpaired) electrons. The van der Waals surface area contributed by atoms with E-state index in [-0.39, 0.29) is 12.6 Å². The molecule has 0 aliphatic rings. The predicted molar refractivity (Wildman–Crippen MR) is 75.0 cm³/mol. The fourth-order valence-electron chi connectivity index (χ4n) is 1.72. The van der Waals surface area contributed by atoms with E-state index in [1.54, 1.807) is 31.2 Å². The van der Waals surface area contributed by atoms with Gasteiger partial charge in [0.2, 0.25) is 0 Å². The fourth-order valence-corrected chi connectivity index (χ4v) is 1.72. The van der Waals surface area contributed by atoms with Crippen LogP contribution >= 0.6 is 0 Å². The van der Waals surface area contributed by atoms with Crippen LogP contribution in [0.5, 0.6) is 5.75 Å². The number of hydrogen-bond donors (Lipinski definition) is 0. The van der Waals surface area contributed by atoms with Crippen molar-refractivity contribution in [3.63, 3.8) is 0 Å². The quantitative estimate of drug-likeness (QED) is 0.730. The molecule has 0 amide bonds. The van der Waals surface area contributed by atoms with Gasteiger partial charge in [0.05, 0.1) is 12.2 Å². The molecule has 1 heterocycles. The second kappa shape index (κ2) is 7.42. The smallest absolute Gasteiger partial charge is 0.338 e. The standard InChI is InChI=1S/C15H18N2O4/c1-3-5-13-16-14(21-17-13)10-20-12-8-6-11(7-9-12)15(18)19-4-2/h6-9H,3-5,10H2,1-2H3. The number of aryl methyl sites for hydroxylation is 1. The van der Waals surface area contributed by atoms with Gasteiger partial charge in [0, 0.05) is 6.42 Å². The Hall–Kier alpha value is -2.37. The van der Waals surface area contributed by atoms with E-state index in [2.05, 4.69) is 17.1 Å². The van der Waals surface area contributed by atoms with Crippen molar-refractivity contribution in [1.82, 2.24) is 10.1 Å². The van der Waals surface area contributed by atoms with Gasteiger partial charge in [-0.05, 0) is 37.6 Å². The molecule has 0 saturated heterocycles. The van der Waals surface area contributed by atoms with Crippen LogP contribution in [0.1, 0.15) is 42.3 Å². The predicted octanol–water partition coefficient (Wildman–Crippen LogP) is 2.78. The largest absolute Gasteiger partial charge is 0.484 e.